The molecule has 0 saturated carbocycles. The summed E-state index contributed by atoms with van der Waals surface area (Å²) in [5.74, 6) is 0.266. The van der Waals surface area contributed by atoms with E-state index in [0.717, 1.165) is 22.2 Å². The van der Waals surface area contributed by atoms with E-state index < -0.39 is 11.1 Å². The molecule has 1 saturated heterocycles. The Morgan fingerprint density at radius 2 is 1.72 bits per heavy atom. The number of nitrogens with zero attached hydrogens (tertiary/aromatic N) is 1. The molecule has 5 nitrogen and oxygen atoms in total. The van der Waals surface area contributed by atoms with Gasteiger partial charge in [-0.15, -0.1) is 0 Å². The number of halogens is 1. The first-order chi connectivity index (χ1) is 14.0. The van der Waals surface area contributed by atoms with Gasteiger partial charge in [-0.1, -0.05) is 41.9 Å². The molecule has 1 fully saturated rings. The second-order valence-corrected chi connectivity index (χ2v) is 7.70. The van der Waals surface area contributed by atoms with E-state index in [4.69, 9.17) is 16.0 Å². The van der Waals surface area contributed by atoms with Crippen molar-refractivity contribution in [1.82, 2.24) is 4.90 Å². The van der Waals surface area contributed by atoms with Gasteiger partial charge in [0.25, 0.3) is 11.1 Å². The number of hydrogen-bond donors (Lipinski definition) is 0. The minimum atomic E-state index is -0.514. The zero-order valence-corrected chi connectivity index (χ0v) is 16.6. The van der Waals surface area contributed by atoms with E-state index in [2.05, 4.69) is 0 Å². The second-order valence-electron chi connectivity index (χ2n) is 6.27. The number of benzene rings is 2. The Labute approximate surface area is 176 Å². The largest absolute Gasteiger partial charge is 0.457 e. The smallest absolute Gasteiger partial charge is 0.293 e. The van der Waals surface area contributed by atoms with E-state index in [0.29, 0.717) is 22.1 Å². The zero-order chi connectivity index (χ0) is 20.4. The molecule has 3 aromatic rings. The van der Waals surface area contributed by atoms with Crippen LogP contribution in [-0.2, 0) is 4.79 Å². The molecule has 4 rings (SSSR count). The van der Waals surface area contributed by atoms with E-state index >= 15 is 0 Å². The van der Waals surface area contributed by atoms with Gasteiger partial charge in [-0.2, -0.15) is 0 Å². The molecular weight excluding hydrogens is 410 g/mol. The van der Waals surface area contributed by atoms with Crippen molar-refractivity contribution in [3.05, 3.63) is 88.0 Å². The van der Waals surface area contributed by atoms with E-state index in [1.54, 1.807) is 36.4 Å². The van der Waals surface area contributed by atoms with E-state index in [1.165, 1.54) is 6.08 Å². The van der Waals surface area contributed by atoms with Crippen molar-refractivity contribution in [1.29, 1.82) is 0 Å². The lowest BCUT2D eigenvalue weighted by molar-refractivity contribution is -0.122. The molecule has 0 aliphatic carbocycles. The highest BCUT2D eigenvalue weighted by Gasteiger charge is 2.36. The van der Waals surface area contributed by atoms with E-state index in [-0.39, 0.29) is 17.2 Å². The third-order valence-electron chi connectivity index (χ3n) is 4.30. The lowest BCUT2D eigenvalue weighted by atomic mass is 10.1. The SMILES string of the molecule is O=C(CN1C(=O)S/C(=C\c2ccc(-c3ccccc3)o2)C1=O)c1ccc(Cl)cc1. The van der Waals surface area contributed by atoms with Crippen LogP contribution in [0.5, 0.6) is 0 Å². The summed E-state index contributed by atoms with van der Waals surface area (Å²) in [5, 5.41) is 0.0161. The molecule has 0 radical (unpaired) electrons. The van der Waals surface area contributed by atoms with Crippen molar-refractivity contribution in [3.8, 4) is 11.3 Å². The van der Waals surface area contributed by atoms with E-state index in [1.807, 2.05) is 30.3 Å². The van der Waals surface area contributed by atoms with E-state index in [9.17, 15) is 14.4 Å². The summed E-state index contributed by atoms with van der Waals surface area (Å²) < 4.78 is 5.76. The van der Waals surface area contributed by atoms with Crippen LogP contribution >= 0.6 is 23.4 Å². The Morgan fingerprint density at radius 3 is 2.45 bits per heavy atom. The molecular formula is C22H14ClNO4S. The van der Waals surface area contributed by atoms with Gasteiger partial charge in [0.1, 0.15) is 11.5 Å². The first-order valence-electron chi connectivity index (χ1n) is 8.70. The molecule has 2 heterocycles. The maximum atomic E-state index is 12.6. The molecule has 0 unspecified atom stereocenters. The summed E-state index contributed by atoms with van der Waals surface area (Å²) in [7, 11) is 0. The van der Waals surface area contributed by atoms with Crippen LogP contribution in [-0.4, -0.2) is 28.4 Å². The van der Waals surface area contributed by atoms with Crippen LogP contribution in [0.1, 0.15) is 16.1 Å². The Morgan fingerprint density at radius 1 is 1.00 bits per heavy atom. The lowest BCUT2D eigenvalue weighted by Crippen LogP contribution is -2.33. The zero-order valence-electron chi connectivity index (χ0n) is 15.0. The first-order valence-corrected chi connectivity index (χ1v) is 9.90. The van der Waals surface area contributed by atoms with Crippen LogP contribution in [0.15, 0.2) is 76.1 Å². The number of furan rings is 1. The van der Waals surface area contributed by atoms with Crippen molar-refractivity contribution in [2.75, 3.05) is 6.54 Å². The second kappa shape index (κ2) is 8.11. The monoisotopic (exact) mass is 423 g/mol. The molecule has 144 valence electrons. The minimum absolute atomic E-state index is 0.216. The molecule has 1 aliphatic heterocycles. The van der Waals surface area contributed by atoms with Gasteiger partial charge in [0.05, 0.1) is 11.4 Å². The van der Waals surface area contributed by atoms with Gasteiger partial charge in [-0.25, -0.2) is 0 Å². The molecule has 2 amide bonds. The number of imide groups is 1. The van der Waals surface area contributed by atoms with Crippen molar-refractivity contribution in [3.63, 3.8) is 0 Å². The van der Waals surface area contributed by atoms with Crippen molar-refractivity contribution >= 4 is 46.4 Å². The third-order valence-corrected chi connectivity index (χ3v) is 5.46. The Kier molecular flexibility index (Phi) is 5.38. The maximum absolute atomic E-state index is 12.6. The van der Waals surface area contributed by atoms with Gasteiger partial charge in [0, 0.05) is 22.2 Å². The normalized spacial score (nSPS) is 15.3. The predicted molar refractivity (Wildman–Crippen MR) is 113 cm³/mol. The Balaban J connectivity index is 1.50. The number of hydrogen-bond acceptors (Lipinski definition) is 5. The number of amides is 2. The summed E-state index contributed by atoms with van der Waals surface area (Å²) in [6.45, 7) is -0.322. The van der Waals surface area contributed by atoms with Gasteiger partial charge in [-0.05, 0) is 48.2 Å². The molecule has 7 heteroatoms. The average Bonchev–Trinajstić information content (AvgIpc) is 3.30. The Hall–Kier alpha value is -3.09. The fourth-order valence-corrected chi connectivity index (χ4v) is 3.77. The van der Waals surface area contributed by atoms with Crippen LogP contribution in [0.25, 0.3) is 17.4 Å². The molecule has 0 spiro atoms. The highest BCUT2D eigenvalue weighted by molar-refractivity contribution is 8.18. The number of ketones is 1. The quantitative estimate of drug-likeness (QED) is 0.399. The number of carbonyl (C=O) groups excluding carboxylic acids is 3. The van der Waals surface area contributed by atoms with Crippen molar-refractivity contribution in [2.24, 2.45) is 0 Å². The van der Waals surface area contributed by atoms with Crippen LogP contribution in [0.2, 0.25) is 5.02 Å². The minimum Gasteiger partial charge on any atom is -0.457 e. The van der Waals surface area contributed by atoms with Gasteiger partial charge in [0.15, 0.2) is 5.78 Å². The van der Waals surface area contributed by atoms with Gasteiger partial charge >= 0.3 is 0 Å². The summed E-state index contributed by atoms with van der Waals surface area (Å²) >= 11 is 6.61. The molecule has 1 aliphatic rings. The lowest BCUT2D eigenvalue weighted by Gasteiger charge is -2.11. The first kappa shape index (κ1) is 19.2. The highest BCUT2D eigenvalue weighted by atomic mass is 35.5. The van der Waals surface area contributed by atoms with Crippen LogP contribution in [0.4, 0.5) is 4.79 Å². The van der Waals surface area contributed by atoms with Crippen LogP contribution < -0.4 is 0 Å². The summed E-state index contributed by atoms with van der Waals surface area (Å²) in [6.07, 6.45) is 1.52. The van der Waals surface area contributed by atoms with Crippen LogP contribution in [0.3, 0.4) is 0 Å². The third kappa shape index (κ3) is 4.18. The number of Topliss-reactive ketones (excluding diaryl/α,β-unsaturated/α-hetero) is 1. The maximum Gasteiger partial charge on any atom is 0.293 e. The fourth-order valence-electron chi connectivity index (χ4n) is 2.82. The standard InChI is InChI=1S/C22H14ClNO4S/c23-16-8-6-14(7-9-16)18(25)13-24-21(26)20(29-22(24)27)12-17-10-11-19(28-17)15-4-2-1-3-5-15/h1-12H,13H2/b20-12-. The summed E-state index contributed by atoms with van der Waals surface area (Å²) in [5.41, 5.74) is 1.30. The number of carbonyl (C=O) groups is 3. The van der Waals surface area contributed by atoms with Gasteiger partial charge in [0.2, 0.25) is 0 Å². The molecule has 0 bridgehead atoms. The van der Waals surface area contributed by atoms with Gasteiger partial charge in [-0.3, -0.25) is 19.3 Å². The molecule has 29 heavy (non-hydrogen) atoms. The fraction of sp³-hybridized carbons (Fsp3) is 0.0455. The molecule has 2 aromatic carbocycles. The highest BCUT2D eigenvalue weighted by Crippen LogP contribution is 2.33. The average molecular weight is 424 g/mol. The topological polar surface area (TPSA) is 67.6 Å². The summed E-state index contributed by atoms with van der Waals surface area (Å²) in [4.78, 5) is 38.4. The Bertz CT molecular complexity index is 1120. The van der Waals surface area contributed by atoms with Gasteiger partial charge < -0.3 is 4.42 Å². The van der Waals surface area contributed by atoms with Crippen molar-refractivity contribution in [2.45, 2.75) is 0 Å². The molecule has 1 aromatic heterocycles. The number of rotatable bonds is 5. The summed E-state index contributed by atoms with van der Waals surface area (Å²) in [6, 6.07) is 19.4. The number of thioether (sulfide) groups is 1. The molecule has 0 N–H and O–H groups in total. The van der Waals surface area contributed by atoms with Crippen LogP contribution in [0, 0.1) is 0 Å². The van der Waals surface area contributed by atoms with Crippen molar-refractivity contribution < 1.29 is 18.8 Å². The predicted octanol–water partition coefficient (Wildman–Crippen LogP) is 5.52. The molecule has 0 atom stereocenters.